The number of rotatable bonds is 3. The molecule has 0 fully saturated rings. The second-order valence-electron chi connectivity index (χ2n) is 2.35. The molecule has 18 heavy (non-hydrogen) atoms. The number of carbonyl (C=O) groups is 2. The minimum Gasteiger partial charge on any atom is -0.468 e. The van der Waals surface area contributed by atoms with Gasteiger partial charge in [-0.2, -0.15) is 0 Å². The summed E-state index contributed by atoms with van der Waals surface area (Å²) in [7, 11) is 1.25. The standard InChI is InChI=1S/C8H9N3O3.2C2H6/c1-14-7(12)5-11-8(13)6-4-9-2-3-10-6;2*1-2/h2-4H,5H2,1H3,(H,11,13);2*1-2H3. The molecule has 0 aromatic carbocycles. The molecule has 0 saturated heterocycles. The second-order valence-corrected chi connectivity index (χ2v) is 2.35. The Hall–Kier alpha value is -1.98. The van der Waals surface area contributed by atoms with Crippen LogP contribution in [0.1, 0.15) is 38.2 Å². The monoisotopic (exact) mass is 255 g/mol. The van der Waals surface area contributed by atoms with Crippen LogP contribution in [-0.4, -0.2) is 35.5 Å². The fraction of sp³-hybridized carbons (Fsp3) is 0.500. The lowest BCUT2D eigenvalue weighted by molar-refractivity contribution is -0.139. The largest absolute Gasteiger partial charge is 0.468 e. The van der Waals surface area contributed by atoms with E-state index in [9.17, 15) is 9.59 Å². The van der Waals surface area contributed by atoms with Crippen molar-refractivity contribution < 1.29 is 14.3 Å². The predicted molar refractivity (Wildman–Crippen MR) is 69.1 cm³/mol. The molecule has 1 amide bonds. The molecule has 6 nitrogen and oxygen atoms in total. The predicted octanol–water partition coefficient (Wildman–Crippen LogP) is 1.43. The van der Waals surface area contributed by atoms with Gasteiger partial charge in [0.1, 0.15) is 12.2 Å². The van der Waals surface area contributed by atoms with E-state index < -0.39 is 11.9 Å². The van der Waals surface area contributed by atoms with Crippen LogP contribution in [0.2, 0.25) is 0 Å². The summed E-state index contributed by atoms with van der Waals surface area (Å²) < 4.78 is 4.35. The molecule has 0 bridgehead atoms. The summed E-state index contributed by atoms with van der Waals surface area (Å²) in [6.07, 6.45) is 4.16. The van der Waals surface area contributed by atoms with Crippen molar-refractivity contribution in [3.63, 3.8) is 0 Å². The van der Waals surface area contributed by atoms with Gasteiger partial charge in [-0.05, 0) is 0 Å². The molecule has 1 N–H and O–H groups in total. The summed E-state index contributed by atoms with van der Waals surface area (Å²) in [5.41, 5.74) is 0.163. The van der Waals surface area contributed by atoms with Gasteiger partial charge in [0, 0.05) is 12.4 Å². The third-order valence-corrected chi connectivity index (χ3v) is 1.42. The number of methoxy groups -OCH3 is 1. The van der Waals surface area contributed by atoms with Crippen molar-refractivity contribution in [1.29, 1.82) is 0 Å². The van der Waals surface area contributed by atoms with Gasteiger partial charge in [-0.25, -0.2) is 4.98 Å². The molecule has 0 aliphatic rings. The van der Waals surface area contributed by atoms with Crippen LogP contribution in [0.5, 0.6) is 0 Å². The minimum atomic E-state index is -0.512. The van der Waals surface area contributed by atoms with E-state index in [2.05, 4.69) is 20.0 Å². The van der Waals surface area contributed by atoms with Crippen LogP contribution in [0.3, 0.4) is 0 Å². The number of carbonyl (C=O) groups excluding carboxylic acids is 2. The zero-order chi connectivity index (χ0) is 14.4. The van der Waals surface area contributed by atoms with Gasteiger partial charge in [0.15, 0.2) is 0 Å². The molecule has 1 heterocycles. The van der Waals surface area contributed by atoms with Gasteiger partial charge in [0.05, 0.1) is 13.3 Å². The number of nitrogens with zero attached hydrogens (tertiary/aromatic N) is 2. The highest BCUT2D eigenvalue weighted by atomic mass is 16.5. The van der Waals surface area contributed by atoms with E-state index in [0.29, 0.717) is 0 Å². The van der Waals surface area contributed by atoms with Gasteiger partial charge in [0.2, 0.25) is 0 Å². The summed E-state index contributed by atoms with van der Waals surface area (Å²) >= 11 is 0. The van der Waals surface area contributed by atoms with Gasteiger partial charge >= 0.3 is 5.97 Å². The molecule has 0 atom stereocenters. The van der Waals surface area contributed by atoms with E-state index in [1.165, 1.54) is 25.7 Å². The third kappa shape index (κ3) is 8.20. The Morgan fingerprint density at radius 1 is 1.22 bits per heavy atom. The molecule has 0 unspecified atom stereocenters. The number of esters is 1. The summed E-state index contributed by atoms with van der Waals surface area (Å²) in [6, 6.07) is 0. The minimum absolute atomic E-state index is 0.163. The third-order valence-electron chi connectivity index (χ3n) is 1.42. The molecule has 6 heteroatoms. The Morgan fingerprint density at radius 3 is 2.28 bits per heavy atom. The molecule has 0 aliphatic carbocycles. The van der Waals surface area contributed by atoms with Gasteiger partial charge in [-0.15, -0.1) is 0 Å². The van der Waals surface area contributed by atoms with Gasteiger partial charge in [-0.3, -0.25) is 14.6 Å². The van der Waals surface area contributed by atoms with Crippen molar-refractivity contribution in [3.8, 4) is 0 Å². The topological polar surface area (TPSA) is 81.2 Å². The van der Waals surface area contributed by atoms with Gasteiger partial charge in [-0.1, -0.05) is 27.7 Å². The first-order valence-corrected chi connectivity index (χ1v) is 5.85. The van der Waals surface area contributed by atoms with E-state index in [1.807, 2.05) is 27.7 Å². The van der Waals surface area contributed by atoms with Crippen LogP contribution in [0.4, 0.5) is 0 Å². The number of aromatic nitrogens is 2. The van der Waals surface area contributed by atoms with Crippen molar-refractivity contribution in [2.45, 2.75) is 27.7 Å². The van der Waals surface area contributed by atoms with Crippen molar-refractivity contribution >= 4 is 11.9 Å². The van der Waals surface area contributed by atoms with Crippen molar-refractivity contribution in [2.24, 2.45) is 0 Å². The molecular weight excluding hydrogens is 234 g/mol. The Balaban J connectivity index is 0. The van der Waals surface area contributed by atoms with E-state index in [4.69, 9.17) is 0 Å². The highest BCUT2D eigenvalue weighted by Gasteiger charge is 2.08. The van der Waals surface area contributed by atoms with E-state index in [0.717, 1.165) is 0 Å². The Bertz CT molecular complexity index is 329. The smallest absolute Gasteiger partial charge is 0.325 e. The molecular formula is C12H21N3O3. The number of hydrogen-bond acceptors (Lipinski definition) is 5. The van der Waals surface area contributed by atoms with Crippen LogP contribution in [0.15, 0.2) is 18.6 Å². The summed E-state index contributed by atoms with van der Waals surface area (Å²) in [5.74, 6) is -0.967. The van der Waals surface area contributed by atoms with Gasteiger partial charge in [0.25, 0.3) is 5.91 Å². The molecule has 0 saturated carbocycles. The van der Waals surface area contributed by atoms with Gasteiger partial charge < -0.3 is 10.1 Å². The summed E-state index contributed by atoms with van der Waals surface area (Å²) in [6.45, 7) is 7.83. The summed E-state index contributed by atoms with van der Waals surface area (Å²) in [5, 5.41) is 2.33. The lowest BCUT2D eigenvalue weighted by Crippen LogP contribution is -2.30. The lowest BCUT2D eigenvalue weighted by Gasteiger charge is -2.01. The van der Waals surface area contributed by atoms with Crippen molar-refractivity contribution in [2.75, 3.05) is 13.7 Å². The number of ether oxygens (including phenoxy) is 1. The van der Waals surface area contributed by atoms with E-state index in [1.54, 1.807) is 0 Å². The maximum atomic E-state index is 11.2. The number of amides is 1. The Morgan fingerprint density at radius 2 is 1.83 bits per heavy atom. The number of hydrogen-bond donors (Lipinski definition) is 1. The van der Waals surface area contributed by atoms with E-state index in [-0.39, 0.29) is 12.2 Å². The highest BCUT2D eigenvalue weighted by molar-refractivity contribution is 5.93. The zero-order valence-corrected chi connectivity index (χ0v) is 11.6. The van der Waals surface area contributed by atoms with Crippen molar-refractivity contribution in [3.05, 3.63) is 24.3 Å². The average Bonchev–Trinajstić information content (AvgIpc) is 2.49. The fourth-order valence-corrected chi connectivity index (χ4v) is 0.732. The van der Waals surface area contributed by atoms with E-state index >= 15 is 0 Å². The molecule has 0 aliphatic heterocycles. The van der Waals surface area contributed by atoms with Crippen molar-refractivity contribution in [1.82, 2.24) is 15.3 Å². The average molecular weight is 255 g/mol. The quantitative estimate of drug-likeness (QED) is 0.826. The zero-order valence-electron chi connectivity index (χ0n) is 11.6. The van der Waals surface area contributed by atoms with Crippen LogP contribution in [0.25, 0.3) is 0 Å². The molecule has 1 aromatic rings. The molecule has 0 radical (unpaired) electrons. The number of nitrogens with one attached hydrogen (secondary N) is 1. The van der Waals surface area contributed by atoms with Crippen LogP contribution < -0.4 is 5.32 Å². The lowest BCUT2D eigenvalue weighted by atomic mass is 10.4. The summed E-state index contributed by atoms with van der Waals surface area (Å²) in [4.78, 5) is 29.4. The molecule has 102 valence electrons. The maximum Gasteiger partial charge on any atom is 0.325 e. The van der Waals surface area contributed by atoms with Crippen LogP contribution in [0, 0.1) is 0 Å². The normalized spacial score (nSPS) is 7.83. The first-order valence-electron chi connectivity index (χ1n) is 5.85. The SMILES string of the molecule is CC.CC.COC(=O)CNC(=O)c1cnccn1. The Kier molecular flexibility index (Phi) is 13.4. The molecule has 1 aromatic heterocycles. The second kappa shape index (κ2) is 13.1. The molecule has 1 rings (SSSR count). The molecule has 0 spiro atoms. The highest BCUT2D eigenvalue weighted by Crippen LogP contribution is 1.88. The maximum absolute atomic E-state index is 11.2. The Labute approximate surface area is 108 Å². The van der Waals surface area contributed by atoms with Crippen LogP contribution >= 0.6 is 0 Å². The van der Waals surface area contributed by atoms with Crippen LogP contribution in [-0.2, 0) is 9.53 Å². The fourth-order valence-electron chi connectivity index (χ4n) is 0.732. The first-order chi connectivity index (χ1) is 8.74. The first kappa shape index (κ1) is 18.4.